The summed E-state index contributed by atoms with van der Waals surface area (Å²) in [7, 11) is 1.39. The molecule has 0 aliphatic rings. The number of ether oxygens (including phenoxy) is 2. The van der Waals surface area contributed by atoms with Gasteiger partial charge in [0.2, 0.25) is 0 Å². The maximum Gasteiger partial charge on any atom is 0.314 e. The lowest BCUT2D eigenvalue weighted by Crippen LogP contribution is -2.20. The molecule has 0 aliphatic heterocycles. The Morgan fingerprint density at radius 3 is 2.85 bits per heavy atom. The molecule has 20 heavy (non-hydrogen) atoms. The molecule has 6 heteroatoms. The van der Waals surface area contributed by atoms with Crippen LogP contribution in [0.1, 0.15) is 13.3 Å². The number of nitrogens with zero attached hydrogens (tertiary/aromatic N) is 1. The van der Waals surface area contributed by atoms with Crippen LogP contribution in [-0.4, -0.2) is 31.7 Å². The molecule has 0 aliphatic carbocycles. The number of benzene rings is 1. The molecule has 0 aromatic heterocycles. The highest BCUT2D eigenvalue weighted by Gasteiger charge is 2.15. The topological polar surface area (TPSA) is 73.6 Å². The van der Waals surface area contributed by atoms with Crippen LogP contribution in [0.4, 0.5) is 5.69 Å². The van der Waals surface area contributed by atoms with E-state index in [4.69, 9.17) is 9.47 Å². The normalized spacial score (nSPS) is 10.1. The lowest BCUT2D eigenvalue weighted by molar-refractivity contribution is -0.385. The Morgan fingerprint density at radius 1 is 1.50 bits per heavy atom. The fourth-order valence-electron chi connectivity index (χ4n) is 1.58. The Bertz CT molecular complexity index is 474. The lowest BCUT2D eigenvalue weighted by Gasteiger charge is -2.10. The molecule has 0 bridgehead atoms. The molecule has 6 nitrogen and oxygen atoms in total. The van der Waals surface area contributed by atoms with Crippen LogP contribution in [-0.2, 0) is 0 Å². The van der Waals surface area contributed by atoms with E-state index in [1.165, 1.54) is 19.2 Å². The van der Waals surface area contributed by atoms with Crippen LogP contribution >= 0.6 is 0 Å². The molecule has 0 saturated heterocycles. The summed E-state index contributed by atoms with van der Waals surface area (Å²) in [6.45, 7) is 7.89. The van der Waals surface area contributed by atoms with Gasteiger partial charge in [-0.1, -0.05) is 13.5 Å². The molecule has 0 amide bonds. The Hall–Kier alpha value is -2.08. The third kappa shape index (κ3) is 4.89. The second kappa shape index (κ2) is 8.16. The van der Waals surface area contributed by atoms with Crippen molar-refractivity contribution in [1.82, 2.24) is 5.32 Å². The first kappa shape index (κ1) is 16.0. The van der Waals surface area contributed by atoms with Crippen molar-refractivity contribution in [2.24, 2.45) is 0 Å². The van der Waals surface area contributed by atoms with Crippen LogP contribution in [0.25, 0.3) is 0 Å². The second-order valence-corrected chi connectivity index (χ2v) is 4.31. The van der Waals surface area contributed by atoms with Crippen LogP contribution in [0, 0.1) is 10.1 Å². The van der Waals surface area contributed by atoms with Crippen LogP contribution in [0.15, 0.2) is 30.4 Å². The van der Waals surface area contributed by atoms with E-state index in [9.17, 15) is 10.1 Å². The third-order valence-corrected chi connectivity index (χ3v) is 2.59. The molecule has 0 heterocycles. The summed E-state index contributed by atoms with van der Waals surface area (Å²) in [6.07, 6.45) is 1.05. The van der Waals surface area contributed by atoms with Gasteiger partial charge in [0.25, 0.3) is 0 Å². The minimum Gasteiger partial charge on any atom is -0.490 e. The smallest absolute Gasteiger partial charge is 0.314 e. The van der Waals surface area contributed by atoms with Crippen molar-refractivity contribution >= 4 is 5.69 Å². The Labute approximate surface area is 118 Å². The predicted molar refractivity (Wildman–Crippen MR) is 77.4 cm³/mol. The first-order valence-electron chi connectivity index (χ1n) is 6.41. The molecule has 1 aromatic carbocycles. The molecule has 0 unspecified atom stereocenters. The quantitative estimate of drug-likeness (QED) is 0.326. The predicted octanol–water partition coefficient (Wildman–Crippen LogP) is 2.54. The van der Waals surface area contributed by atoms with Crippen molar-refractivity contribution in [1.29, 1.82) is 0 Å². The van der Waals surface area contributed by atoms with E-state index in [1.54, 1.807) is 6.07 Å². The molecule has 1 rings (SSSR count). The van der Waals surface area contributed by atoms with Gasteiger partial charge in [-0.25, -0.2) is 0 Å². The van der Waals surface area contributed by atoms with E-state index in [2.05, 4.69) is 18.8 Å². The lowest BCUT2D eigenvalue weighted by atomic mass is 10.2. The van der Waals surface area contributed by atoms with Crippen molar-refractivity contribution < 1.29 is 14.4 Å². The van der Waals surface area contributed by atoms with E-state index in [1.807, 2.05) is 0 Å². The van der Waals surface area contributed by atoms with Crippen molar-refractivity contribution in [3.8, 4) is 11.5 Å². The number of nitro groups is 1. The van der Waals surface area contributed by atoms with Gasteiger partial charge in [-0.3, -0.25) is 10.1 Å². The van der Waals surface area contributed by atoms with Crippen LogP contribution in [0.2, 0.25) is 0 Å². The fourth-order valence-corrected chi connectivity index (χ4v) is 1.58. The number of nitrogens with one attached hydrogen (secondary N) is 1. The van der Waals surface area contributed by atoms with Crippen molar-refractivity contribution in [2.45, 2.75) is 13.3 Å². The van der Waals surface area contributed by atoms with Crippen molar-refractivity contribution in [3.05, 3.63) is 40.5 Å². The molecule has 1 N–H and O–H groups in total. The van der Waals surface area contributed by atoms with E-state index in [-0.39, 0.29) is 11.4 Å². The highest BCUT2D eigenvalue weighted by atomic mass is 16.6. The highest BCUT2D eigenvalue weighted by molar-refractivity contribution is 5.50. The summed E-state index contributed by atoms with van der Waals surface area (Å²) in [5, 5.41) is 14.1. The maximum atomic E-state index is 10.9. The number of methoxy groups -OCH3 is 1. The van der Waals surface area contributed by atoms with Gasteiger partial charge in [0.05, 0.1) is 18.1 Å². The zero-order valence-electron chi connectivity index (χ0n) is 11.8. The summed E-state index contributed by atoms with van der Waals surface area (Å²) in [4.78, 5) is 10.4. The maximum absolute atomic E-state index is 10.9. The average molecular weight is 280 g/mol. The average Bonchev–Trinajstić information content (AvgIpc) is 2.45. The van der Waals surface area contributed by atoms with Gasteiger partial charge in [-0.15, -0.1) is 0 Å². The molecular formula is C14H20N2O4. The monoisotopic (exact) mass is 280 g/mol. The molecule has 110 valence electrons. The summed E-state index contributed by atoms with van der Waals surface area (Å²) < 4.78 is 10.4. The number of hydrogen-bond donors (Lipinski definition) is 1. The zero-order chi connectivity index (χ0) is 15.0. The molecule has 0 fully saturated rings. The van der Waals surface area contributed by atoms with Gasteiger partial charge in [-0.2, -0.15) is 0 Å². The van der Waals surface area contributed by atoms with Crippen molar-refractivity contribution in [3.63, 3.8) is 0 Å². The van der Waals surface area contributed by atoms with Crippen LogP contribution < -0.4 is 14.8 Å². The Kier molecular flexibility index (Phi) is 6.52. The summed E-state index contributed by atoms with van der Waals surface area (Å²) in [5.74, 6) is 0.639. The van der Waals surface area contributed by atoms with E-state index < -0.39 is 4.92 Å². The Balaban J connectivity index is 2.58. The number of hydrogen-bond acceptors (Lipinski definition) is 5. The molecule has 0 spiro atoms. The van der Waals surface area contributed by atoms with Gasteiger partial charge >= 0.3 is 5.69 Å². The van der Waals surface area contributed by atoms with E-state index in [0.29, 0.717) is 18.9 Å². The second-order valence-electron chi connectivity index (χ2n) is 4.31. The SMILES string of the molecule is C=C(CNCCC)COc1ccc(OC)c([N+](=O)[O-])c1. The van der Waals surface area contributed by atoms with Crippen LogP contribution in [0.5, 0.6) is 11.5 Å². The molecule has 0 saturated carbocycles. The molecule has 0 radical (unpaired) electrons. The molecule has 1 aromatic rings. The zero-order valence-corrected chi connectivity index (χ0v) is 11.8. The summed E-state index contributed by atoms with van der Waals surface area (Å²) in [5.41, 5.74) is 0.775. The van der Waals surface area contributed by atoms with Gasteiger partial charge in [0.15, 0.2) is 5.75 Å². The molecule has 0 atom stereocenters. The number of rotatable bonds is 9. The summed E-state index contributed by atoms with van der Waals surface area (Å²) in [6, 6.07) is 4.51. The van der Waals surface area contributed by atoms with E-state index in [0.717, 1.165) is 18.5 Å². The van der Waals surface area contributed by atoms with Crippen LogP contribution in [0.3, 0.4) is 0 Å². The third-order valence-electron chi connectivity index (χ3n) is 2.59. The first-order valence-corrected chi connectivity index (χ1v) is 6.41. The van der Waals surface area contributed by atoms with Gasteiger partial charge in [-0.05, 0) is 30.7 Å². The summed E-state index contributed by atoms with van der Waals surface area (Å²) >= 11 is 0. The largest absolute Gasteiger partial charge is 0.490 e. The minimum absolute atomic E-state index is 0.111. The van der Waals surface area contributed by atoms with Gasteiger partial charge in [0.1, 0.15) is 12.4 Å². The standard InChI is InChI=1S/C14H20N2O4/c1-4-7-15-9-11(2)10-20-12-5-6-14(19-3)13(8-12)16(17)18/h5-6,8,15H,2,4,7,9-10H2,1,3H3. The number of nitro benzene ring substituents is 1. The highest BCUT2D eigenvalue weighted by Crippen LogP contribution is 2.30. The first-order chi connectivity index (χ1) is 9.58. The van der Waals surface area contributed by atoms with E-state index >= 15 is 0 Å². The molecular weight excluding hydrogens is 260 g/mol. The van der Waals surface area contributed by atoms with Crippen molar-refractivity contribution in [2.75, 3.05) is 26.8 Å². The fraction of sp³-hybridized carbons (Fsp3) is 0.429. The van der Waals surface area contributed by atoms with Gasteiger partial charge in [0, 0.05) is 6.54 Å². The minimum atomic E-state index is -0.497. The van der Waals surface area contributed by atoms with Gasteiger partial charge < -0.3 is 14.8 Å². The Morgan fingerprint density at radius 2 is 2.25 bits per heavy atom.